The Hall–Kier alpha value is -1.18. The summed E-state index contributed by atoms with van der Waals surface area (Å²) in [4.78, 5) is 1.90. The predicted octanol–water partition coefficient (Wildman–Crippen LogP) is -0.235. The van der Waals surface area contributed by atoms with E-state index in [1.54, 1.807) is 0 Å². The van der Waals surface area contributed by atoms with E-state index in [0.29, 0.717) is 44.3 Å². The van der Waals surface area contributed by atoms with E-state index < -0.39 is 0 Å². The summed E-state index contributed by atoms with van der Waals surface area (Å²) in [6, 6.07) is 0.719. The van der Waals surface area contributed by atoms with Gasteiger partial charge in [-0.2, -0.15) is 0 Å². The van der Waals surface area contributed by atoms with Gasteiger partial charge in [0.2, 0.25) is 5.89 Å². The number of morpholine rings is 1. The van der Waals surface area contributed by atoms with Crippen molar-refractivity contribution in [3.63, 3.8) is 0 Å². The molecule has 2 rings (SSSR count). The molecule has 2 N–H and O–H groups in total. The second-order valence-electron chi connectivity index (χ2n) is 4.62. The van der Waals surface area contributed by atoms with Gasteiger partial charge in [-0.1, -0.05) is 18.9 Å². The van der Waals surface area contributed by atoms with E-state index in [2.05, 4.69) is 29.4 Å². The number of aliphatic hydroxyl groups excluding tert-OH is 1. The average Bonchev–Trinajstić information content (AvgIpc) is 2.85. The quantitative estimate of drug-likeness (QED) is 0.752. The first-order chi connectivity index (χ1) is 8.70. The molecule has 1 aromatic rings. The van der Waals surface area contributed by atoms with Crippen LogP contribution in [-0.4, -0.2) is 53.8 Å². The van der Waals surface area contributed by atoms with Crippen molar-refractivity contribution in [2.45, 2.75) is 32.5 Å². The molecule has 1 unspecified atom stereocenters. The highest BCUT2D eigenvalue weighted by Crippen LogP contribution is 2.17. The summed E-state index contributed by atoms with van der Waals surface area (Å²) in [5.41, 5.74) is 0. The van der Waals surface area contributed by atoms with Crippen LogP contribution in [0.25, 0.3) is 0 Å². The predicted molar refractivity (Wildman–Crippen MR) is 65.3 cm³/mol. The number of hydrogen-bond acceptors (Lipinski definition) is 7. The molecule has 102 valence electrons. The van der Waals surface area contributed by atoms with Gasteiger partial charge in [-0.05, 0) is 0 Å². The fraction of sp³-hybridized carbons (Fsp3) is 0.818. The summed E-state index contributed by atoms with van der Waals surface area (Å²) in [7, 11) is 0. The minimum absolute atomic E-state index is 0.0158. The summed E-state index contributed by atoms with van der Waals surface area (Å²) in [6.07, 6.45) is 0. The zero-order valence-corrected chi connectivity index (χ0v) is 10.8. The first-order valence-corrected chi connectivity index (χ1v) is 6.21. The number of aromatic nitrogens is 2. The first-order valence-electron chi connectivity index (χ1n) is 6.21. The minimum Gasteiger partial charge on any atom is -0.407 e. The SMILES string of the molecule is CC(C)NCc1nnc(N2CCOCC2CO)o1. The highest BCUT2D eigenvalue weighted by Gasteiger charge is 2.26. The first kappa shape index (κ1) is 13.3. The number of ether oxygens (including phenoxy) is 1. The van der Waals surface area contributed by atoms with Gasteiger partial charge in [-0.3, -0.25) is 0 Å². The lowest BCUT2D eigenvalue weighted by Gasteiger charge is -2.32. The number of hydrogen-bond donors (Lipinski definition) is 2. The number of aliphatic hydroxyl groups is 1. The summed E-state index contributed by atoms with van der Waals surface area (Å²) >= 11 is 0. The van der Waals surface area contributed by atoms with Crippen LogP contribution in [0.15, 0.2) is 4.42 Å². The van der Waals surface area contributed by atoms with Crippen molar-refractivity contribution in [3.8, 4) is 0 Å². The summed E-state index contributed by atoms with van der Waals surface area (Å²) in [5, 5.41) is 20.5. The maximum Gasteiger partial charge on any atom is 0.318 e. The molecule has 0 spiro atoms. The lowest BCUT2D eigenvalue weighted by atomic mass is 10.2. The van der Waals surface area contributed by atoms with Crippen molar-refractivity contribution >= 4 is 6.01 Å². The standard InChI is InChI=1S/C11H20N4O3/c1-8(2)12-5-10-13-14-11(18-10)15-3-4-17-7-9(15)6-16/h8-9,12,16H,3-7H2,1-2H3. The third kappa shape index (κ3) is 3.18. The summed E-state index contributed by atoms with van der Waals surface area (Å²) < 4.78 is 10.9. The van der Waals surface area contributed by atoms with Gasteiger partial charge in [0.05, 0.1) is 32.4 Å². The second-order valence-corrected chi connectivity index (χ2v) is 4.62. The van der Waals surface area contributed by atoms with E-state index in [1.165, 1.54) is 0 Å². The van der Waals surface area contributed by atoms with Crippen LogP contribution >= 0.6 is 0 Å². The van der Waals surface area contributed by atoms with Gasteiger partial charge in [0.25, 0.3) is 0 Å². The van der Waals surface area contributed by atoms with Crippen molar-refractivity contribution in [1.82, 2.24) is 15.5 Å². The van der Waals surface area contributed by atoms with E-state index in [-0.39, 0.29) is 12.6 Å². The molecule has 0 aliphatic carbocycles. The molecule has 1 aliphatic rings. The van der Waals surface area contributed by atoms with Gasteiger partial charge in [0.15, 0.2) is 0 Å². The fourth-order valence-electron chi connectivity index (χ4n) is 1.78. The van der Waals surface area contributed by atoms with E-state index in [4.69, 9.17) is 9.15 Å². The van der Waals surface area contributed by atoms with Crippen LogP contribution in [0.4, 0.5) is 6.01 Å². The molecule has 18 heavy (non-hydrogen) atoms. The minimum atomic E-state index is -0.106. The molecule has 1 aliphatic heterocycles. The molecule has 0 radical (unpaired) electrons. The van der Waals surface area contributed by atoms with Crippen LogP contribution in [0.2, 0.25) is 0 Å². The Morgan fingerprint density at radius 3 is 3.06 bits per heavy atom. The zero-order valence-electron chi connectivity index (χ0n) is 10.8. The lowest BCUT2D eigenvalue weighted by molar-refractivity contribution is 0.0697. The number of nitrogens with zero attached hydrogens (tertiary/aromatic N) is 3. The Balaban J connectivity index is 1.99. The Labute approximate surface area is 106 Å². The highest BCUT2D eigenvalue weighted by molar-refractivity contribution is 5.27. The highest BCUT2D eigenvalue weighted by atomic mass is 16.5. The van der Waals surface area contributed by atoms with Crippen molar-refractivity contribution in [1.29, 1.82) is 0 Å². The van der Waals surface area contributed by atoms with E-state index >= 15 is 0 Å². The van der Waals surface area contributed by atoms with Crippen molar-refractivity contribution in [2.75, 3.05) is 31.3 Å². The third-order valence-electron chi connectivity index (χ3n) is 2.80. The molecule has 0 bridgehead atoms. The lowest BCUT2D eigenvalue weighted by Crippen LogP contribution is -2.47. The Kier molecular flexibility index (Phi) is 4.51. The van der Waals surface area contributed by atoms with E-state index in [1.807, 2.05) is 4.90 Å². The zero-order chi connectivity index (χ0) is 13.0. The van der Waals surface area contributed by atoms with Gasteiger partial charge in [-0.25, -0.2) is 0 Å². The van der Waals surface area contributed by atoms with Crippen LogP contribution in [0, 0.1) is 0 Å². The van der Waals surface area contributed by atoms with Crippen molar-refractivity contribution in [2.24, 2.45) is 0 Å². The van der Waals surface area contributed by atoms with Crippen molar-refractivity contribution < 1.29 is 14.3 Å². The van der Waals surface area contributed by atoms with Crippen LogP contribution in [-0.2, 0) is 11.3 Å². The summed E-state index contributed by atoms with van der Waals surface area (Å²) in [6.45, 7) is 6.43. The van der Waals surface area contributed by atoms with Crippen LogP contribution in [0.3, 0.4) is 0 Å². The topological polar surface area (TPSA) is 83.7 Å². The van der Waals surface area contributed by atoms with Gasteiger partial charge >= 0.3 is 6.01 Å². The summed E-state index contributed by atoms with van der Waals surface area (Å²) in [5.74, 6) is 0.557. The largest absolute Gasteiger partial charge is 0.407 e. The number of anilines is 1. The van der Waals surface area contributed by atoms with Crippen LogP contribution in [0.5, 0.6) is 0 Å². The van der Waals surface area contributed by atoms with Gasteiger partial charge < -0.3 is 24.5 Å². The maximum absolute atomic E-state index is 9.28. The molecule has 0 saturated carbocycles. The Morgan fingerprint density at radius 2 is 2.33 bits per heavy atom. The molecule has 7 nitrogen and oxygen atoms in total. The molecule has 0 aromatic carbocycles. The van der Waals surface area contributed by atoms with Gasteiger partial charge in [0, 0.05) is 12.6 Å². The smallest absolute Gasteiger partial charge is 0.318 e. The average molecular weight is 256 g/mol. The van der Waals surface area contributed by atoms with Gasteiger partial charge in [-0.15, -0.1) is 5.10 Å². The maximum atomic E-state index is 9.28. The fourth-order valence-corrected chi connectivity index (χ4v) is 1.78. The molecule has 0 amide bonds. The molecule has 7 heteroatoms. The molecular weight excluding hydrogens is 236 g/mol. The third-order valence-corrected chi connectivity index (χ3v) is 2.80. The van der Waals surface area contributed by atoms with Gasteiger partial charge in [0.1, 0.15) is 0 Å². The normalized spacial score (nSPS) is 20.7. The van der Waals surface area contributed by atoms with Crippen LogP contribution in [0.1, 0.15) is 19.7 Å². The van der Waals surface area contributed by atoms with Crippen molar-refractivity contribution in [3.05, 3.63) is 5.89 Å². The molecule has 1 fully saturated rings. The number of nitrogens with one attached hydrogen (secondary N) is 1. The van der Waals surface area contributed by atoms with Crippen LogP contribution < -0.4 is 10.2 Å². The Morgan fingerprint density at radius 1 is 1.50 bits per heavy atom. The Bertz CT molecular complexity index is 369. The molecular formula is C11H20N4O3. The van der Waals surface area contributed by atoms with E-state index in [9.17, 15) is 5.11 Å². The monoisotopic (exact) mass is 256 g/mol. The van der Waals surface area contributed by atoms with E-state index in [0.717, 1.165) is 0 Å². The molecule has 1 atom stereocenters. The second kappa shape index (κ2) is 6.12. The number of rotatable bonds is 5. The molecule has 2 heterocycles. The molecule has 1 saturated heterocycles. The molecule has 1 aromatic heterocycles.